The first-order valence-electron chi connectivity index (χ1n) is 6.93. The minimum Gasteiger partial charge on any atom is -0.481 e. The van der Waals surface area contributed by atoms with Crippen LogP contribution in [-0.2, 0) is 24.9 Å². The van der Waals surface area contributed by atoms with E-state index in [2.05, 4.69) is 42.5 Å². The fourth-order valence-electron chi connectivity index (χ4n) is 2.49. The Hall–Kier alpha value is -2.29. The molecule has 117 valence electrons. The molecule has 2 aromatic carbocycles. The molecule has 1 heterocycles. The van der Waals surface area contributed by atoms with E-state index in [-0.39, 0.29) is 20.1 Å². The van der Waals surface area contributed by atoms with Crippen LogP contribution in [0.4, 0.5) is 0 Å². The van der Waals surface area contributed by atoms with Crippen LogP contribution in [0.3, 0.4) is 0 Å². The molecule has 0 atom stereocenters. The van der Waals surface area contributed by atoms with Gasteiger partial charge in [0.1, 0.15) is 0 Å². The fourth-order valence-corrected chi connectivity index (χ4v) is 2.49. The van der Waals surface area contributed by atoms with Crippen molar-refractivity contribution in [3.8, 4) is 11.3 Å². The van der Waals surface area contributed by atoms with E-state index in [4.69, 9.17) is 14.9 Å². The van der Waals surface area contributed by atoms with E-state index in [1.807, 2.05) is 24.3 Å². The molecule has 0 aliphatic heterocycles. The van der Waals surface area contributed by atoms with Crippen molar-refractivity contribution in [3.05, 3.63) is 65.7 Å². The molecule has 0 bridgehead atoms. The van der Waals surface area contributed by atoms with Gasteiger partial charge in [-0.25, -0.2) is 0 Å². The molecule has 1 aliphatic rings. The van der Waals surface area contributed by atoms with E-state index in [0.29, 0.717) is 0 Å². The van der Waals surface area contributed by atoms with Crippen molar-refractivity contribution in [1.82, 2.24) is 4.98 Å². The second-order valence-corrected chi connectivity index (χ2v) is 4.97. The van der Waals surface area contributed by atoms with Gasteiger partial charge in [-0.15, -0.1) is 35.9 Å². The Balaban J connectivity index is 0.000000349. The predicted octanol–water partition coefficient (Wildman–Crippen LogP) is 4.27. The summed E-state index contributed by atoms with van der Waals surface area (Å²) in [6.45, 7) is 1.08. The van der Waals surface area contributed by atoms with Crippen LogP contribution in [0, 0.1) is 6.07 Å². The topological polar surface area (TPSA) is 50.2 Å². The minimum absolute atomic E-state index is 0. The molecular formula is C19H14IrNO2-. The summed E-state index contributed by atoms with van der Waals surface area (Å²) in [5.74, 6) is -0.833. The fraction of sp³-hybridized carbons (Fsp3) is 0.0526. The van der Waals surface area contributed by atoms with Crippen LogP contribution in [0.2, 0.25) is 0 Å². The van der Waals surface area contributed by atoms with Crippen LogP contribution in [0.25, 0.3) is 34.3 Å². The predicted molar refractivity (Wildman–Crippen MR) is 88.3 cm³/mol. The molecule has 3 aromatic rings. The molecule has 0 saturated heterocycles. The Kier molecular flexibility index (Phi) is 5.43. The second kappa shape index (κ2) is 7.32. The number of carbonyl (C=O) groups is 1. The number of rotatable bonds is 1. The van der Waals surface area contributed by atoms with E-state index in [9.17, 15) is 0 Å². The first kappa shape index (κ1) is 17.1. The van der Waals surface area contributed by atoms with Crippen LogP contribution >= 0.6 is 0 Å². The van der Waals surface area contributed by atoms with Crippen molar-refractivity contribution in [2.24, 2.45) is 0 Å². The summed E-state index contributed by atoms with van der Waals surface area (Å²) in [4.78, 5) is 13.7. The Morgan fingerprint density at radius 1 is 1.09 bits per heavy atom. The number of benzene rings is 2. The van der Waals surface area contributed by atoms with Crippen molar-refractivity contribution < 1.29 is 30.0 Å². The number of pyridine rings is 1. The molecule has 0 spiro atoms. The van der Waals surface area contributed by atoms with Crippen LogP contribution in [0.5, 0.6) is 0 Å². The monoisotopic (exact) mass is 481 g/mol. The number of nitrogens with zero attached hydrogens (tertiary/aromatic N) is 1. The third-order valence-corrected chi connectivity index (χ3v) is 3.32. The quantitative estimate of drug-likeness (QED) is 0.414. The van der Waals surface area contributed by atoms with E-state index in [1.165, 1.54) is 16.5 Å². The van der Waals surface area contributed by atoms with Gasteiger partial charge in [-0.3, -0.25) is 9.78 Å². The van der Waals surface area contributed by atoms with E-state index in [0.717, 1.165) is 23.7 Å². The summed E-state index contributed by atoms with van der Waals surface area (Å²) >= 11 is 0. The molecule has 0 amide bonds. The molecule has 0 unspecified atom stereocenters. The summed E-state index contributed by atoms with van der Waals surface area (Å²) in [7, 11) is 0. The molecule has 4 heteroatoms. The smallest absolute Gasteiger partial charge is 0.300 e. The molecule has 0 saturated carbocycles. The maximum absolute atomic E-state index is 9.00. The van der Waals surface area contributed by atoms with E-state index in [1.54, 1.807) is 0 Å². The summed E-state index contributed by atoms with van der Waals surface area (Å²) in [6, 6.07) is 19.6. The number of hydrogen-bond acceptors (Lipinski definition) is 2. The van der Waals surface area contributed by atoms with Gasteiger partial charge in [0, 0.05) is 32.4 Å². The van der Waals surface area contributed by atoms with Gasteiger partial charge in [-0.2, -0.15) is 0 Å². The number of carboxylic acids is 1. The van der Waals surface area contributed by atoms with Crippen LogP contribution in [0.15, 0.2) is 48.5 Å². The summed E-state index contributed by atoms with van der Waals surface area (Å²) in [6.07, 6.45) is 4.31. The molecular weight excluding hydrogens is 466 g/mol. The average molecular weight is 481 g/mol. The van der Waals surface area contributed by atoms with Gasteiger partial charge in [0.15, 0.2) is 0 Å². The normalized spacial score (nSPS) is 10.7. The van der Waals surface area contributed by atoms with Crippen molar-refractivity contribution in [2.45, 2.75) is 6.92 Å². The van der Waals surface area contributed by atoms with Gasteiger partial charge < -0.3 is 5.11 Å². The van der Waals surface area contributed by atoms with E-state index >= 15 is 0 Å². The zero-order chi connectivity index (χ0) is 15.5. The molecule has 1 aliphatic carbocycles. The number of carboxylic acid groups (broad SMARTS) is 1. The largest absolute Gasteiger partial charge is 0.481 e. The second-order valence-electron chi connectivity index (χ2n) is 4.97. The van der Waals surface area contributed by atoms with Crippen LogP contribution in [-0.4, -0.2) is 16.1 Å². The van der Waals surface area contributed by atoms with Gasteiger partial charge in [-0.05, 0) is 22.9 Å². The summed E-state index contributed by atoms with van der Waals surface area (Å²) in [5, 5.41) is 8.68. The van der Waals surface area contributed by atoms with Gasteiger partial charge in [0.25, 0.3) is 5.97 Å². The molecule has 1 aromatic heterocycles. The van der Waals surface area contributed by atoms with Crippen molar-refractivity contribution in [2.75, 3.05) is 0 Å². The van der Waals surface area contributed by atoms with Gasteiger partial charge in [0.05, 0.1) is 5.52 Å². The summed E-state index contributed by atoms with van der Waals surface area (Å²) in [5.41, 5.74) is 5.60. The van der Waals surface area contributed by atoms with Crippen molar-refractivity contribution in [1.29, 1.82) is 0 Å². The summed E-state index contributed by atoms with van der Waals surface area (Å²) < 4.78 is 0. The van der Waals surface area contributed by atoms with Crippen LogP contribution < -0.4 is 0 Å². The number of hydrogen-bond donors (Lipinski definition) is 1. The average Bonchev–Trinajstić information content (AvgIpc) is 2.93. The Labute approximate surface area is 148 Å². The number of aromatic nitrogens is 1. The van der Waals surface area contributed by atoms with Crippen molar-refractivity contribution >= 4 is 29.0 Å². The van der Waals surface area contributed by atoms with Gasteiger partial charge in [-0.1, -0.05) is 30.4 Å². The molecule has 3 nitrogen and oxygen atoms in total. The third-order valence-electron chi connectivity index (χ3n) is 3.32. The van der Waals surface area contributed by atoms with Gasteiger partial charge >= 0.3 is 0 Å². The maximum Gasteiger partial charge on any atom is 0.300 e. The SMILES string of the molecule is CC(=O)O.[Ir].[c-]1ccccc1-c1cc2c3c(cccc3n1)C=C2. The standard InChI is InChI=1S/C17H10N.C2H4O2.Ir/c1-2-5-12(6-3-1)16-11-14-10-9-13-7-4-8-15(18-16)17(13)14;1-2(3)4;/h1-5,7-11H;1H3,(H,3,4);/q-1;;. The van der Waals surface area contributed by atoms with Crippen LogP contribution in [0.1, 0.15) is 18.1 Å². The zero-order valence-electron chi connectivity index (χ0n) is 12.4. The Morgan fingerprint density at radius 2 is 1.83 bits per heavy atom. The first-order chi connectivity index (χ1) is 10.6. The Bertz CT molecular complexity index is 869. The number of aliphatic carboxylic acids is 1. The zero-order valence-corrected chi connectivity index (χ0v) is 14.8. The first-order valence-corrected chi connectivity index (χ1v) is 6.93. The third kappa shape index (κ3) is 3.73. The minimum atomic E-state index is -0.833. The van der Waals surface area contributed by atoms with Gasteiger partial charge in [0.2, 0.25) is 0 Å². The molecule has 23 heavy (non-hydrogen) atoms. The molecule has 1 N–H and O–H groups in total. The van der Waals surface area contributed by atoms with Crippen molar-refractivity contribution in [3.63, 3.8) is 0 Å². The Morgan fingerprint density at radius 3 is 2.52 bits per heavy atom. The molecule has 1 radical (unpaired) electrons. The molecule has 4 rings (SSSR count). The van der Waals surface area contributed by atoms with E-state index < -0.39 is 5.97 Å². The molecule has 0 fully saturated rings. The maximum atomic E-state index is 9.00.